The smallest absolute Gasteiger partial charge is 0.411 e. The van der Waals surface area contributed by atoms with Crippen LogP contribution in [0.15, 0.2) is 71.2 Å². The van der Waals surface area contributed by atoms with Crippen molar-refractivity contribution in [3.8, 4) is 22.3 Å². The number of ether oxygens (including phenoxy) is 1. The highest BCUT2D eigenvalue weighted by atomic mass is 79.9. The molecule has 0 saturated carbocycles. The predicted octanol–water partition coefficient (Wildman–Crippen LogP) is 6.55. The van der Waals surface area contributed by atoms with Crippen molar-refractivity contribution in [3.63, 3.8) is 0 Å². The van der Waals surface area contributed by atoms with Gasteiger partial charge < -0.3 is 10.5 Å². The van der Waals surface area contributed by atoms with E-state index < -0.39 is 12.0 Å². The van der Waals surface area contributed by atoms with Crippen LogP contribution in [0.3, 0.4) is 0 Å². The van der Waals surface area contributed by atoms with Gasteiger partial charge >= 0.3 is 6.09 Å². The number of benzene rings is 3. The van der Waals surface area contributed by atoms with Crippen LogP contribution < -0.4 is 11.1 Å². The lowest BCUT2D eigenvalue weighted by Gasteiger charge is -2.19. The normalized spacial score (nSPS) is 11.5. The second-order valence-electron chi connectivity index (χ2n) is 8.78. The molecule has 3 aromatic carbocycles. The summed E-state index contributed by atoms with van der Waals surface area (Å²) in [6, 6.07) is 21.4. The summed E-state index contributed by atoms with van der Waals surface area (Å²) in [6.45, 7) is 4.02. The number of amides is 2. The number of anilines is 1. The number of primary amides is 1. The molecule has 0 spiro atoms. The van der Waals surface area contributed by atoms with E-state index in [1.807, 2.05) is 68.4 Å². The molecule has 0 fully saturated rings. The van der Waals surface area contributed by atoms with Crippen molar-refractivity contribution < 1.29 is 14.3 Å². The molecule has 1 aromatic heterocycles. The van der Waals surface area contributed by atoms with E-state index in [0.717, 1.165) is 49.0 Å². The Morgan fingerprint density at radius 3 is 2.53 bits per heavy atom. The molecule has 0 atom stereocenters. The SMILES string of the molecule is Cc1nc(C(N)=O)c2c(c1-c1cccc(NC(=O)OCc3ccccc3)c1C)-c1ccc(Br)cc1C2. The third-order valence-corrected chi connectivity index (χ3v) is 6.96. The van der Waals surface area contributed by atoms with Crippen molar-refractivity contribution in [1.82, 2.24) is 4.98 Å². The summed E-state index contributed by atoms with van der Waals surface area (Å²) in [5.74, 6) is -0.541. The lowest BCUT2D eigenvalue weighted by Crippen LogP contribution is -2.17. The largest absolute Gasteiger partial charge is 0.444 e. The maximum atomic E-state index is 12.6. The summed E-state index contributed by atoms with van der Waals surface area (Å²) >= 11 is 3.55. The standard InChI is InChI=1S/C29H24BrN3O3/c1-16-21(9-6-10-24(16)33-29(35)36-15-18-7-4-3-5-8-18)25-17(2)32-27(28(31)34)23-14-19-13-20(30)11-12-22(19)26(23)25/h3-13H,14-15H2,1-2H3,(H2,31,34)(H,33,35). The summed E-state index contributed by atoms with van der Waals surface area (Å²) < 4.78 is 6.38. The third kappa shape index (κ3) is 4.38. The second kappa shape index (κ2) is 9.59. The number of nitrogens with two attached hydrogens (primary N) is 1. The maximum Gasteiger partial charge on any atom is 0.411 e. The van der Waals surface area contributed by atoms with Crippen molar-refractivity contribution in [3.05, 3.63) is 105 Å². The minimum atomic E-state index is -0.541. The van der Waals surface area contributed by atoms with Gasteiger partial charge in [0.25, 0.3) is 5.91 Å². The topological polar surface area (TPSA) is 94.3 Å². The van der Waals surface area contributed by atoms with Crippen molar-refractivity contribution >= 4 is 33.6 Å². The average molecular weight is 542 g/mol. The molecule has 0 unspecified atom stereocenters. The Hall–Kier alpha value is -3.97. The van der Waals surface area contributed by atoms with Crippen LogP contribution in [0.25, 0.3) is 22.3 Å². The Labute approximate surface area is 217 Å². The number of hydrogen-bond donors (Lipinski definition) is 2. The Bertz CT molecular complexity index is 1520. The molecular weight excluding hydrogens is 518 g/mol. The minimum absolute atomic E-state index is 0.183. The first-order valence-electron chi connectivity index (χ1n) is 11.5. The number of rotatable bonds is 5. The van der Waals surface area contributed by atoms with E-state index in [1.54, 1.807) is 0 Å². The minimum Gasteiger partial charge on any atom is -0.444 e. The molecule has 3 N–H and O–H groups in total. The van der Waals surface area contributed by atoms with Gasteiger partial charge in [0.15, 0.2) is 0 Å². The van der Waals surface area contributed by atoms with Gasteiger partial charge in [0, 0.05) is 27.8 Å². The Morgan fingerprint density at radius 1 is 1.00 bits per heavy atom. The molecule has 0 saturated heterocycles. The van der Waals surface area contributed by atoms with Gasteiger partial charge in [-0.25, -0.2) is 9.78 Å². The van der Waals surface area contributed by atoms with E-state index in [4.69, 9.17) is 10.5 Å². The molecule has 36 heavy (non-hydrogen) atoms. The number of pyridine rings is 1. The fourth-order valence-electron chi connectivity index (χ4n) is 4.80. The number of nitrogens with one attached hydrogen (secondary N) is 1. The number of nitrogens with zero attached hydrogens (tertiary/aromatic N) is 1. The molecule has 4 aromatic rings. The van der Waals surface area contributed by atoms with Crippen LogP contribution in [0.5, 0.6) is 0 Å². The van der Waals surface area contributed by atoms with E-state index in [0.29, 0.717) is 23.5 Å². The molecule has 6 nitrogen and oxygen atoms in total. The zero-order valence-electron chi connectivity index (χ0n) is 19.9. The van der Waals surface area contributed by atoms with Gasteiger partial charge in [-0.05, 0) is 71.0 Å². The number of carbonyl (C=O) groups excluding carboxylic acids is 2. The van der Waals surface area contributed by atoms with Gasteiger partial charge in [0.1, 0.15) is 12.3 Å². The molecule has 0 aliphatic heterocycles. The van der Waals surface area contributed by atoms with Gasteiger partial charge in [0.05, 0.1) is 0 Å². The van der Waals surface area contributed by atoms with Crippen LogP contribution in [-0.2, 0) is 17.8 Å². The Kier molecular flexibility index (Phi) is 6.33. The van der Waals surface area contributed by atoms with E-state index in [1.165, 1.54) is 0 Å². The molecule has 180 valence electrons. The number of aryl methyl sites for hydroxylation is 1. The molecule has 0 bridgehead atoms. The Morgan fingerprint density at radius 2 is 1.78 bits per heavy atom. The second-order valence-corrected chi connectivity index (χ2v) is 9.70. The molecule has 2 amide bonds. The Balaban J connectivity index is 1.54. The quantitative estimate of drug-likeness (QED) is 0.264. The molecule has 1 aliphatic rings. The van der Waals surface area contributed by atoms with Gasteiger partial charge in [0.2, 0.25) is 0 Å². The predicted molar refractivity (Wildman–Crippen MR) is 144 cm³/mol. The monoisotopic (exact) mass is 541 g/mol. The summed E-state index contributed by atoms with van der Waals surface area (Å²) in [6.07, 6.45) is 0.0456. The zero-order valence-corrected chi connectivity index (χ0v) is 21.5. The fourth-order valence-corrected chi connectivity index (χ4v) is 5.21. The average Bonchev–Trinajstić information content (AvgIpc) is 3.22. The van der Waals surface area contributed by atoms with Crippen LogP contribution in [0.2, 0.25) is 0 Å². The van der Waals surface area contributed by atoms with E-state index in [-0.39, 0.29) is 6.61 Å². The highest BCUT2D eigenvalue weighted by Crippen LogP contribution is 2.47. The summed E-state index contributed by atoms with van der Waals surface area (Å²) in [4.78, 5) is 29.5. The molecule has 0 radical (unpaired) electrons. The number of halogens is 1. The lowest BCUT2D eigenvalue weighted by atomic mass is 9.89. The van der Waals surface area contributed by atoms with Gasteiger partial charge in [-0.3, -0.25) is 10.1 Å². The van der Waals surface area contributed by atoms with E-state index >= 15 is 0 Å². The number of hydrogen-bond acceptors (Lipinski definition) is 4. The van der Waals surface area contributed by atoms with Crippen molar-refractivity contribution in [2.24, 2.45) is 5.73 Å². The maximum absolute atomic E-state index is 12.6. The van der Waals surface area contributed by atoms with Gasteiger partial charge in [-0.15, -0.1) is 0 Å². The first kappa shape index (κ1) is 23.8. The molecule has 1 aliphatic carbocycles. The van der Waals surface area contributed by atoms with Crippen molar-refractivity contribution in [2.75, 3.05) is 5.32 Å². The highest BCUT2D eigenvalue weighted by molar-refractivity contribution is 9.10. The molecule has 5 rings (SSSR count). The molecule has 7 heteroatoms. The van der Waals surface area contributed by atoms with Crippen LogP contribution in [0.4, 0.5) is 10.5 Å². The van der Waals surface area contributed by atoms with Gasteiger partial charge in [-0.2, -0.15) is 0 Å². The molecular formula is C29H24BrN3O3. The number of aromatic nitrogens is 1. The van der Waals surface area contributed by atoms with Crippen molar-refractivity contribution in [2.45, 2.75) is 26.9 Å². The first-order valence-corrected chi connectivity index (χ1v) is 12.3. The third-order valence-electron chi connectivity index (χ3n) is 6.47. The van der Waals surface area contributed by atoms with Gasteiger partial charge in [-0.1, -0.05) is 64.5 Å². The van der Waals surface area contributed by atoms with E-state index in [9.17, 15) is 9.59 Å². The van der Waals surface area contributed by atoms with Crippen molar-refractivity contribution in [1.29, 1.82) is 0 Å². The van der Waals surface area contributed by atoms with E-state index in [2.05, 4.69) is 38.4 Å². The fraction of sp³-hybridized carbons (Fsp3) is 0.138. The first-order chi connectivity index (χ1) is 17.3. The number of fused-ring (bicyclic) bond motifs is 3. The van der Waals surface area contributed by atoms with Crippen LogP contribution >= 0.6 is 15.9 Å². The summed E-state index contributed by atoms with van der Waals surface area (Å²) in [5.41, 5.74) is 14.9. The van der Waals surface area contributed by atoms with Crippen LogP contribution in [-0.4, -0.2) is 17.0 Å². The lowest BCUT2D eigenvalue weighted by molar-refractivity contribution is 0.0994. The number of carbonyl (C=O) groups is 2. The highest BCUT2D eigenvalue weighted by Gasteiger charge is 2.30. The summed E-state index contributed by atoms with van der Waals surface area (Å²) in [5, 5.41) is 2.87. The summed E-state index contributed by atoms with van der Waals surface area (Å²) in [7, 11) is 0. The van der Waals surface area contributed by atoms with Crippen LogP contribution in [0, 0.1) is 13.8 Å². The zero-order chi connectivity index (χ0) is 25.4. The molecule has 1 heterocycles. The van der Waals surface area contributed by atoms with Crippen LogP contribution in [0.1, 0.15) is 38.4 Å².